The number of nitrogens with zero attached hydrogens (tertiary/aromatic N) is 2. The maximum atomic E-state index is 5.23. The molecule has 2 heterocycles. The molecule has 2 aliphatic heterocycles. The van der Waals surface area contributed by atoms with Crippen LogP contribution in [0, 0.1) is 0 Å². The highest BCUT2D eigenvalue weighted by Gasteiger charge is 2.54. The van der Waals surface area contributed by atoms with Crippen molar-refractivity contribution < 1.29 is 0 Å². The predicted octanol–water partition coefficient (Wildman–Crippen LogP) is 6.49. The van der Waals surface area contributed by atoms with Crippen molar-refractivity contribution >= 4 is 22.6 Å². The summed E-state index contributed by atoms with van der Waals surface area (Å²) in [6.07, 6.45) is 8.94. The molecule has 2 aromatic carbocycles. The standard InChI is InChI=1S/C28H26N2/c1-19-17-23(21-11-7-5-8-12-21)25-15-16-26-24(22-13-9-6-10-14-22)18-20(2)30-28(26,4)27(25,3)29-19/h5-18H,1-4H3. The molecule has 0 saturated heterocycles. The minimum atomic E-state index is -0.476. The van der Waals surface area contributed by atoms with Gasteiger partial charge in [-0.2, -0.15) is 0 Å². The van der Waals surface area contributed by atoms with E-state index in [0.29, 0.717) is 0 Å². The van der Waals surface area contributed by atoms with Crippen LogP contribution in [-0.2, 0) is 0 Å². The van der Waals surface area contributed by atoms with Gasteiger partial charge in [-0.15, -0.1) is 0 Å². The Morgan fingerprint density at radius 1 is 0.567 bits per heavy atom. The highest BCUT2D eigenvalue weighted by Crippen LogP contribution is 2.54. The van der Waals surface area contributed by atoms with Crippen LogP contribution in [-0.4, -0.2) is 22.5 Å². The van der Waals surface area contributed by atoms with Crippen LogP contribution in [0.2, 0.25) is 0 Å². The second-order valence-electron chi connectivity index (χ2n) is 8.66. The SMILES string of the molecule is CC1=NC2(C)C(=CC=C3C(c4ccccc4)=CC(C)=NC32C)C(c2ccccc2)=C1. The fraction of sp³-hybridized carbons (Fsp3) is 0.214. The van der Waals surface area contributed by atoms with Crippen LogP contribution >= 0.6 is 0 Å². The molecular formula is C28H26N2. The lowest BCUT2D eigenvalue weighted by Gasteiger charge is -2.50. The Kier molecular flexibility index (Phi) is 4.14. The lowest BCUT2D eigenvalue weighted by Crippen LogP contribution is -2.54. The third-order valence-electron chi connectivity index (χ3n) is 6.67. The van der Waals surface area contributed by atoms with E-state index in [4.69, 9.17) is 9.98 Å². The fourth-order valence-corrected chi connectivity index (χ4v) is 5.11. The number of hydrogen-bond acceptors (Lipinski definition) is 2. The molecule has 30 heavy (non-hydrogen) atoms. The molecule has 1 aliphatic carbocycles. The van der Waals surface area contributed by atoms with Crippen molar-refractivity contribution in [3.8, 4) is 0 Å². The van der Waals surface area contributed by atoms with Crippen LogP contribution in [0.5, 0.6) is 0 Å². The largest absolute Gasteiger partial charge is 0.276 e. The van der Waals surface area contributed by atoms with Crippen molar-refractivity contribution in [3.63, 3.8) is 0 Å². The van der Waals surface area contributed by atoms with Crippen molar-refractivity contribution in [1.29, 1.82) is 0 Å². The van der Waals surface area contributed by atoms with Gasteiger partial charge in [0.25, 0.3) is 0 Å². The van der Waals surface area contributed by atoms with E-state index in [1.54, 1.807) is 0 Å². The maximum Gasteiger partial charge on any atom is 0.113 e. The zero-order chi connectivity index (χ0) is 20.9. The van der Waals surface area contributed by atoms with Crippen molar-refractivity contribution in [2.24, 2.45) is 9.98 Å². The highest BCUT2D eigenvalue weighted by atomic mass is 15.0. The van der Waals surface area contributed by atoms with Crippen molar-refractivity contribution in [1.82, 2.24) is 0 Å². The summed E-state index contributed by atoms with van der Waals surface area (Å²) in [5.41, 5.74) is 8.52. The average Bonchev–Trinajstić information content (AvgIpc) is 2.74. The van der Waals surface area contributed by atoms with E-state index in [-0.39, 0.29) is 0 Å². The van der Waals surface area contributed by atoms with Crippen LogP contribution in [0.4, 0.5) is 0 Å². The van der Waals surface area contributed by atoms with Gasteiger partial charge in [0.1, 0.15) is 11.1 Å². The second-order valence-corrected chi connectivity index (χ2v) is 8.66. The first-order valence-corrected chi connectivity index (χ1v) is 10.5. The molecule has 0 amide bonds. The Morgan fingerprint density at radius 3 is 1.30 bits per heavy atom. The summed E-state index contributed by atoms with van der Waals surface area (Å²) in [4.78, 5) is 10.5. The summed E-state index contributed by atoms with van der Waals surface area (Å²) in [5.74, 6) is 0. The summed E-state index contributed by atoms with van der Waals surface area (Å²) in [5, 5.41) is 0. The smallest absolute Gasteiger partial charge is 0.113 e. The molecular weight excluding hydrogens is 364 g/mol. The molecule has 0 fully saturated rings. The highest BCUT2D eigenvalue weighted by molar-refractivity contribution is 6.09. The fourth-order valence-electron chi connectivity index (χ4n) is 5.11. The molecule has 148 valence electrons. The Balaban J connectivity index is 1.75. The first kappa shape index (κ1) is 18.7. The minimum Gasteiger partial charge on any atom is -0.276 e. The number of dihydropyridines is 2. The van der Waals surface area contributed by atoms with Gasteiger partial charge < -0.3 is 0 Å². The Hall–Kier alpha value is -3.26. The van der Waals surface area contributed by atoms with E-state index >= 15 is 0 Å². The molecule has 0 saturated carbocycles. The Labute approximate surface area is 178 Å². The third-order valence-corrected chi connectivity index (χ3v) is 6.67. The molecule has 2 unspecified atom stereocenters. The Morgan fingerprint density at radius 2 is 0.933 bits per heavy atom. The molecule has 2 nitrogen and oxygen atoms in total. The van der Waals surface area contributed by atoms with Crippen LogP contribution in [0.25, 0.3) is 11.1 Å². The normalized spacial score (nSPS) is 27.5. The Bertz CT molecular complexity index is 1110. The monoisotopic (exact) mass is 390 g/mol. The van der Waals surface area contributed by atoms with Crippen molar-refractivity contribution in [2.75, 3.05) is 0 Å². The van der Waals surface area contributed by atoms with E-state index < -0.39 is 11.1 Å². The van der Waals surface area contributed by atoms with Gasteiger partial charge in [-0.05, 0) is 73.3 Å². The molecule has 0 radical (unpaired) electrons. The number of allylic oxidation sites excluding steroid dienone is 4. The summed E-state index contributed by atoms with van der Waals surface area (Å²) < 4.78 is 0. The van der Waals surface area contributed by atoms with Crippen LogP contribution in [0.1, 0.15) is 38.8 Å². The number of hydrogen-bond donors (Lipinski definition) is 0. The van der Waals surface area contributed by atoms with Gasteiger partial charge in [0.15, 0.2) is 0 Å². The quantitative estimate of drug-likeness (QED) is 0.560. The number of fused-ring (bicyclic) bond motifs is 3. The molecule has 3 aliphatic rings. The van der Waals surface area contributed by atoms with Gasteiger partial charge in [-0.1, -0.05) is 72.8 Å². The molecule has 0 N–H and O–H groups in total. The molecule has 5 rings (SSSR count). The van der Waals surface area contributed by atoms with Gasteiger partial charge in [-0.3, -0.25) is 9.98 Å². The molecule has 0 bridgehead atoms. The summed E-state index contributed by atoms with van der Waals surface area (Å²) in [7, 11) is 0. The van der Waals surface area contributed by atoms with Gasteiger partial charge >= 0.3 is 0 Å². The predicted molar refractivity (Wildman–Crippen MR) is 128 cm³/mol. The van der Waals surface area contributed by atoms with Gasteiger partial charge in [0.05, 0.1) is 0 Å². The van der Waals surface area contributed by atoms with Gasteiger partial charge in [0, 0.05) is 11.4 Å². The summed E-state index contributed by atoms with van der Waals surface area (Å²) in [6, 6.07) is 21.2. The number of rotatable bonds is 2. The van der Waals surface area contributed by atoms with E-state index in [1.165, 1.54) is 33.4 Å². The number of benzene rings is 2. The van der Waals surface area contributed by atoms with Crippen LogP contribution in [0.3, 0.4) is 0 Å². The van der Waals surface area contributed by atoms with Crippen molar-refractivity contribution in [2.45, 2.75) is 38.8 Å². The first-order valence-electron chi connectivity index (χ1n) is 10.5. The van der Waals surface area contributed by atoms with E-state index in [2.05, 4.69) is 113 Å². The van der Waals surface area contributed by atoms with Crippen LogP contribution in [0.15, 0.2) is 106 Å². The molecule has 2 heteroatoms. The molecule has 2 atom stereocenters. The third kappa shape index (κ3) is 2.64. The minimum absolute atomic E-state index is 0.476. The maximum absolute atomic E-state index is 5.23. The van der Waals surface area contributed by atoms with Crippen molar-refractivity contribution in [3.05, 3.63) is 107 Å². The summed E-state index contributed by atoms with van der Waals surface area (Å²) >= 11 is 0. The second kappa shape index (κ2) is 6.63. The van der Waals surface area contributed by atoms with Gasteiger partial charge in [-0.25, -0.2) is 0 Å². The zero-order valence-electron chi connectivity index (χ0n) is 18.0. The average molecular weight is 391 g/mol. The van der Waals surface area contributed by atoms with Crippen LogP contribution < -0.4 is 0 Å². The lowest BCUT2D eigenvalue weighted by molar-refractivity contribution is 0.363. The zero-order valence-corrected chi connectivity index (χ0v) is 18.0. The van der Waals surface area contributed by atoms with E-state index in [0.717, 1.165) is 11.4 Å². The topological polar surface area (TPSA) is 24.7 Å². The summed E-state index contributed by atoms with van der Waals surface area (Å²) in [6.45, 7) is 8.69. The van der Waals surface area contributed by atoms with E-state index in [1.807, 2.05) is 0 Å². The van der Waals surface area contributed by atoms with Gasteiger partial charge in [0.2, 0.25) is 0 Å². The number of aliphatic imine (C=N–C) groups is 2. The molecule has 2 aromatic rings. The van der Waals surface area contributed by atoms with E-state index in [9.17, 15) is 0 Å². The molecule has 0 spiro atoms. The molecule has 0 aromatic heterocycles. The first-order chi connectivity index (χ1) is 14.4. The lowest BCUT2D eigenvalue weighted by atomic mass is 9.61.